The summed E-state index contributed by atoms with van der Waals surface area (Å²) in [6.45, 7) is 5.10. The molecule has 176 valence electrons. The molecule has 1 aromatic rings. The number of sulfone groups is 1. The maximum absolute atomic E-state index is 12.5. The van der Waals surface area contributed by atoms with E-state index in [1.807, 2.05) is 38.1 Å². The number of hydrogen-bond acceptors (Lipinski definition) is 4. The predicted octanol–water partition coefficient (Wildman–Crippen LogP) is 3.70. The summed E-state index contributed by atoms with van der Waals surface area (Å²) in [5.41, 5.74) is 1.80. The molecule has 1 aromatic carbocycles. The van der Waals surface area contributed by atoms with E-state index in [0.29, 0.717) is 25.5 Å². The van der Waals surface area contributed by atoms with Crippen molar-refractivity contribution in [3.05, 3.63) is 29.8 Å². The lowest BCUT2D eigenvalue weighted by Crippen LogP contribution is -2.42. The molecular weight excluding hydrogens is 527 g/mol. The number of rotatable bonds is 9. The number of hydrogen-bond donors (Lipinski definition) is 3. The SMILES string of the molecule is CCNC(=NCc1cccc(NC(=O)C2CCCCC2)c1)NC(C)CCS(C)(=O)=O.I. The Morgan fingerprint density at radius 3 is 2.58 bits per heavy atom. The van der Waals surface area contributed by atoms with Crippen molar-refractivity contribution in [2.45, 2.75) is 65.0 Å². The van der Waals surface area contributed by atoms with Crippen LogP contribution in [-0.4, -0.2) is 44.9 Å². The molecule has 0 saturated heterocycles. The second-order valence-electron chi connectivity index (χ2n) is 8.18. The van der Waals surface area contributed by atoms with Gasteiger partial charge >= 0.3 is 0 Å². The molecule has 0 heterocycles. The van der Waals surface area contributed by atoms with E-state index in [4.69, 9.17) is 0 Å². The summed E-state index contributed by atoms with van der Waals surface area (Å²) in [5.74, 6) is 1.03. The molecule has 1 fully saturated rings. The van der Waals surface area contributed by atoms with Crippen LogP contribution in [-0.2, 0) is 21.2 Å². The van der Waals surface area contributed by atoms with Crippen LogP contribution in [0.4, 0.5) is 5.69 Å². The molecule has 1 aliphatic carbocycles. The summed E-state index contributed by atoms with van der Waals surface area (Å²) in [5, 5.41) is 9.50. The molecule has 1 aliphatic rings. The molecule has 3 N–H and O–H groups in total. The fourth-order valence-corrected chi connectivity index (χ4v) is 4.33. The number of carbonyl (C=O) groups excluding carboxylic acids is 1. The van der Waals surface area contributed by atoms with Gasteiger partial charge in [-0.25, -0.2) is 13.4 Å². The van der Waals surface area contributed by atoms with Crippen LogP contribution in [0.1, 0.15) is 57.9 Å². The van der Waals surface area contributed by atoms with E-state index in [-0.39, 0.29) is 47.6 Å². The van der Waals surface area contributed by atoms with Crippen LogP contribution < -0.4 is 16.0 Å². The van der Waals surface area contributed by atoms with Gasteiger partial charge in [-0.15, -0.1) is 24.0 Å². The molecule has 2 rings (SSSR count). The highest BCUT2D eigenvalue weighted by Crippen LogP contribution is 2.25. The Labute approximate surface area is 204 Å². The van der Waals surface area contributed by atoms with Gasteiger partial charge in [0, 0.05) is 30.4 Å². The van der Waals surface area contributed by atoms with Crippen molar-refractivity contribution < 1.29 is 13.2 Å². The van der Waals surface area contributed by atoms with Gasteiger partial charge in [-0.05, 0) is 50.8 Å². The first-order valence-electron chi connectivity index (χ1n) is 10.9. The van der Waals surface area contributed by atoms with E-state index in [1.54, 1.807) is 0 Å². The number of carbonyl (C=O) groups is 1. The van der Waals surface area contributed by atoms with Crippen molar-refractivity contribution >= 4 is 51.4 Å². The second-order valence-corrected chi connectivity index (χ2v) is 10.4. The molecule has 0 aromatic heterocycles. The van der Waals surface area contributed by atoms with Gasteiger partial charge in [0.25, 0.3) is 0 Å². The number of anilines is 1. The molecule has 31 heavy (non-hydrogen) atoms. The Morgan fingerprint density at radius 2 is 1.94 bits per heavy atom. The summed E-state index contributed by atoms with van der Waals surface area (Å²) in [7, 11) is -2.98. The Hall–Kier alpha value is -1.36. The van der Waals surface area contributed by atoms with E-state index in [9.17, 15) is 13.2 Å². The van der Waals surface area contributed by atoms with Crippen LogP contribution >= 0.6 is 24.0 Å². The summed E-state index contributed by atoms with van der Waals surface area (Å²) >= 11 is 0. The van der Waals surface area contributed by atoms with Gasteiger partial charge in [0.1, 0.15) is 9.84 Å². The number of nitrogens with zero attached hydrogens (tertiary/aromatic N) is 1. The number of halogens is 1. The lowest BCUT2D eigenvalue weighted by atomic mass is 9.88. The first-order chi connectivity index (χ1) is 14.3. The molecule has 1 atom stereocenters. The fraction of sp³-hybridized carbons (Fsp3) is 0.636. The van der Waals surface area contributed by atoms with Crippen molar-refractivity contribution in [1.82, 2.24) is 10.6 Å². The monoisotopic (exact) mass is 564 g/mol. The number of benzene rings is 1. The van der Waals surface area contributed by atoms with Gasteiger partial charge in [-0.1, -0.05) is 31.4 Å². The Balaban J connectivity index is 0.00000480. The van der Waals surface area contributed by atoms with E-state index >= 15 is 0 Å². The lowest BCUT2D eigenvalue weighted by Gasteiger charge is -2.20. The highest BCUT2D eigenvalue weighted by Gasteiger charge is 2.21. The molecular formula is C22H37IN4O3S. The minimum Gasteiger partial charge on any atom is -0.357 e. The quantitative estimate of drug-likeness (QED) is 0.241. The standard InChI is InChI=1S/C22H36N4O3S.HI/c1-4-23-22(25-17(2)13-14-30(3,28)29)24-16-18-9-8-12-20(15-18)26-21(27)19-10-6-5-7-11-19;/h8-9,12,15,17,19H,4-7,10-11,13-14,16H2,1-3H3,(H,26,27)(H2,23,24,25);1H. The van der Waals surface area contributed by atoms with Crippen LogP contribution in [0.5, 0.6) is 0 Å². The van der Waals surface area contributed by atoms with Crippen molar-refractivity contribution in [3.63, 3.8) is 0 Å². The number of nitrogens with one attached hydrogen (secondary N) is 3. The third-order valence-electron chi connectivity index (χ3n) is 5.24. The summed E-state index contributed by atoms with van der Waals surface area (Å²) in [6, 6.07) is 7.76. The van der Waals surface area contributed by atoms with Crippen LogP contribution in [0, 0.1) is 5.92 Å². The predicted molar refractivity (Wildman–Crippen MR) is 139 cm³/mol. The molecule has 0 aliphatic heterocycles. The topological polar surface area (TPSA) is 99.7 Å². The molecule has 1 amide bonds. The van der Waals surface area contributed by atoms with Crippen LogP contribution in [0.15, 0.2) is 29.3 Å². The maximum atomic E-state index is 12.5. The van der Waals surface area contributed by atoms with Gasteiger partial charge in [0.15, 0.2) is 5.96 Å². The van der Waals surface area contributed by atoms with Crippen molar-refractivity contribution in [3.8, 4) is 0 Å². The molecule has 9 heteroatoms. The third-order valence-corrected chi connectivity index (χ3v) is 6.22. The molecule has 0 bridgehead atoms. The van der Waals surface area contributed by atoms with Gasteiger partial charge in [-0.3, -0.25) is 4.79 Å². The minimum absolute atomic E-state index is 0. The largest absolute Gasteiger partial charge is 0.357 e. The molecule has 1 unspecified atom stereocenters. The van der Waals surface area contributed by atoms with Gasteiger partial charge in [0.05, 0.1) is 12.3 Å². The second kappa shape index (κ2) is 13.9. The average Bonchev–Trinajstić information content (AvgIpc) is 2.71. The van der Waals surface area contributed by atoms with Gasteiger partial charge in [-0.2, -0.15) is 0 Å². The summed E-state index contributed by atoms with van der Waals surface area (Å²) < 4.78 is 22.7. The zero-order valence-electron chi connectivity index (χ0n) is 18.8. The molecule has 1 saturated carbocycles. The van der Waals surface area contributed by atoms with E-state index < -0.39 is 9.84 Å². The van der Waals surface area contributed by atoms with Crippen molar-refractivity contribution in [1.29, 1.82) is 0 Å². The van der Waals surface area contributed by atoms with E-state index in [2.05, 4.69) is 20.9 Å². The maximum Gasteiger partial charge on any atom is 0.227 e. The molecule has 7 nitrogen and oxygen atoms in total. The molecule has 0 radical (unpaired) electrons. The lowest BCUT2D eigenvalue weighted by molar-refractivity contribution is -0.120. The molecule has 0 spiro atoms. The fourth-order valence-electron chi connectivity index (χ4n) is 3.54. The Morgan fingerprint density at radius 1 is 1.23 bits per heavy atom. The van der Waals surface area contributed by atoms with Crippen molar-refractivity contribution in [2.24, 2.45) is 10.9 Å². The normalized spacial score (nSPS) is 16.2. The number of amides is 1. The third kappa shape index (κ3) is 11.2. The average molecular weight is 565 g/mol. The van der Waals surface area contributed by atoms with E-state index in [0.717, 1.165) is 36.9 Å². The highest BCUT2D eigenvalue weighted by molar-refractivity contribution is 14.0. The van der Waals surface area contributed by atoms with Gasteiger partial charge < -0.3 is 16.0 Å². The minimum atomic E-state index is -2.98. The van der Waals surface area contributed by atoms with Crippen LogP contribution in [0.3, 0.4) is 0 Å². The van der Waals surface area contributed by atoms with Crippen LogP contribution in [0.2, 0.25) is 0 Å². The Kier molecular flexibility index (Phi) is 12.4. The number of aliphatic imine (C=N–C) groups is 1. The van der Waals surface area contributed by atoms with E-state index in [1.165, 1.54) is 12.7 Å². The van der Waals surface area contributed by atoms with Crippen molar-refractivity contribution in [2.75, 3.05) is 23.9 Å². The summed E-state index contributed by atoms with van der Waals surface area (Å²) in [6.07, 6.45) is 7.22. The first-order valence-corrected chi connectivity index (χ1v) is 12.9. The van der Waals surface area contributed by atoms with Crippen LogP contribution in [0.25, 0.3) is 0 Å². The first kappa shape index (κ1) is 27.7. The zero-order chi connectivity index (χ0) is 22.0. The zero-order valence-corrected chi connectivity index (χ0v) is 22.0. The smallest absolute Gasteiger partial charge is 0.227 e. The summed E-state index contributed by atoms with van der Waals surface area (Å²) in [4.78, 5) is 17.1. The number of guanidine groups is 1. The Bertz CT molecular complexity index is 824. The highest BCUT2D eigenvalue weighted by atomic mass is 127. The van der Waals surface area contributed by atoms with Gasteiger partial charge in [0.2, 0.25) is 5.91 Å².